The van der Waals surface area contributed by atoms with Gasteiger partial charge in [0.05, 0.1) is 4.92 Å². The predicted octanol–water partition coefficient (Wildman–Crippen LogP) is 2.14. The molecule has 0 spiro atoms. The highest BCUT2D eigenvalue weighted by atomic mass is 79.9. The van der Waals surface area contributed by atoms with E-state index in [2.05, 4.69) is 21.0 Å². The largest absolute Gasteiger partial charge is 0.294 e. The fourth-order valence-corrected chi connectivity index (χ4v) is 1.77. The number of nitro groups is 1. The number of halogens is 1. The summed E-state index contributed by atoms with van der Waals surface area (Å²) in [6.07, 6.45) is 0. The van der Waals surface area contributed by atoms with Crippen molar-refractivity contribution in [1.82, 2.24) is 9.78 Å². The van der Waals surface area contributed by atoms with E-state index in [1.54, 1.807) is 19.1 Å². The number of aryl methyl sites for hydroxylation is 1. The highest BCUT2D eigenvalue weighted by molar-refractivity contribution is 9.10. The molecule has 6 nitrogen and oxygen atoms in total. The summed E-state index contributed by atoms with van der Waals surface area (Å²) in [5.41, 5.74) is 0.365. The van der Waals surface area contributed by atoms with Crippen molar-refractivity contribution < 1.29 is 4.92 Å². The minimum atomic E-state index is -0.522. The highest BCUT2D eigenvalue weighted by Crippen LogP contribution is 2.21. The molecule has 88 valence electrons. The van der Waals surface area contributed by atoms with E-state index in [4.69, 9.17) is 0 Å². The number of nitro benzene ring substituents is 1. The summed E-state index contributed by atoms with van der Waals surface area (Å²) in [5, 5.41) is 13.6. The van der Waals surface area contributed by atoms with Gasteiger partial charge in [-0.25, -0.2) is 4.68 Å². The summed E-state index contributed by atoms with van der Waals surface area (Å²) in [7, 11) is 0. The average molecular weight is 298 g/mol. The topological polar surface area (TPSA) is 80.9 Å². The SMILES string of the molecule is Cc1[nH]n(-c2ccccc2[N+](=O)[O-])c(=O)c1Br. The van der Waals surface area contributed by atoms with Crippen molar-refractivity contribution in [2.75, 3.05) is 0 Å². The lowest BCUT2D eigenvalue weighted by Crippen LogP contribution is -2.16. The van der Waals surface area contributed by atoms with Gasteiger partial charge in [0.2, 0.25) is 0 Å². The summed E-state index contributed by atoms with van der Waals surface area (Å²) in [6.45, 7) is 1.71. The van der Waals surface area contributed by atoms with Crippen LogP contribution >= 0.6 is 15.9 Å². The third-order valence-corrected chi connectivity index (χ3v) is 3.25. The van der Waals surface area contributed by atoms with Crippen LogP contribution in [0.5, 0.6) is 0 Å². The van der Waals surface area contributed by atoms with Crippen molar-refractivity contribution in [3.05, 3.63) is 54.9 Å². The Bertz CT molecular complexity index is 644. The molecule has 1 heterocycles. The summed E-state index contributed by atoms with van der Waals surface area (Å²) in [5.74, 6) is 0. The van der Waals surface area contributed by atoms with Gasteiger partial charge < -0.3 is 0 Å². The lowest BCUT2D eigenvalue weighted by Gasteiger charge is -2.02. The van der Waals surface area contributed by atoms with Crippen molar-refractivity contribution in [3.63, 3.8) is 0 Å². The molecule has 0 bridgehead atoms. The van der Waals surface area contributed by atoms with Crippen LogP contribution in [-0.2, 0) is 0 Å². The molecule has 7 heteroatoms. The van der Waals surface area contributed by atoms with Gasteiger partial charge in [-0.05, 0) is 28.9 Å². The van der Waals surface area contributed by atoms with Crippen LogP contribution in [0, 0.1) is 17.0 Å². The quantitative estimate of drug-likeness (QED) is 0.681. The van der Waals surface area contributed by atoms with Crippen molar-refractivity contribution in [2.24, 2.45) is 0 Å². The first kappa shape index (κ1) is 11.6. The molecule has 17 heavy (non-hydrogen) atoms. The van der Waals surface area contributed by atoms with E-state index < -0.39 is 4.92 Å². The number of nitrogens with zero attached hydrogens (tertiary/aromatic N) is 2. The molecule has 2 rings (SSSR count). The fraction of sp³-hybridized carbons (Fsp3) is 0.100. The van der Waals surface area contributed by atoms with Crippen LogP contribution in [0.3, 0.4) is 0 Å². The van der Waals surface area contributed by atoms with Crippen LogP contribution in [0.2, 0.25) is 0 Å². The third-order valence-electron chi connectivity index (χ3n) is 2.32. The lowest BCUT2D eigenvalue weighted by molar-refractivity contribution is -0.384. The second-order valence-electron chi connectivity index (χ2n) is 3.44. The number of para-hydroxylation sites is 2. The second kappa shape index (κ2) is 4.17. The smallest absolute Gasteiger partial charge is 0.294 e. The van der Waals surface area contributed by atoms with Gasteiger partial charge in [-0.15, -0.1) is 0 Å². The Labute approximate surface area is 104 Å². The van der Waals surface area contributed by atoms with E-state index in [9.17, 15) is 14.9 Å². The van der Waals surface area contributed by atoms with Gasteiger partial charge in [0.25, 0.3) is 11.2 Å². The van der Waals surface area contributed by atoms with E-state index in [1.807, 2.05) is 0 Å². The van der Waals surface area contributed by atoms with E-state index in [0.29, 0.717) is 10.2 Å². The van der Waals surface area contributed by atoms with Gasteiger partial charge in [0.15, 0.2) is 0 Å². The molecular weight excluding hydrogens is 290 g/mol. The van der Waals surface area contributed by atoms with Gasteiger partial charge in [0.1, 0.15) is 10.2 Å². The predicted molar refractivity (Wildman–Crippen MR) is 65.5 cm³/mol. The maximum atomic E-state index is 11.8. The first-order valence-electron chi connectivity index (χ1n) is 4.73. The zero-order chi connectivity index (χ0) is 12.6. The zero-order valence-corrected chi connectivity index (χ0v) is 10.4. The normalized spacial score (nSPS) is 10.5. The monoisotopic (exact) mass is 297 g/mol. The van der Waals surface area contributed by atoms with Crippen LogP contribution in [0.15, 0.2) is 33.5 Å². The Morgan fingerprint density at radius 2 is 2.06 bits per heavy atom. The zero-order valence-electron chi connectivity index (χ0n) is 8.81. The number of hydrogen-bond acceptors (Lipinski definition) is 3. The molecule has 0 aliphatic heterocycles. The molecule has 0 aliphatic carbocycles. The second-order valence-corrected chi connectivity index (χ2v) is 4.23. The average Bonchev–Trinajstić information content (AvgIpc) is 2.57. The minimum Gasteiger partial charge on any atom is -0.294 e. The fourth-order valence-electron chi connectivity index (χ4n) is 1.50. The molecular formula is C10H8BrN3O3. The number of hydrogen-bond donors (Lipinski definition) is 1. The van der Waals surface area contributed by atoms with Crippen LogP contribution in [0.4, 0.5) is 5.69 Å². The van der Waals surface area contributed by atoms with Gasteiger partial charge in [0, 0.05) is 11.8 Å². The van der Waals surface area contributed by atoms with Gasteiger partial charge in [-0.2, -0.15) is 0 Å². The van der Waals surface area contributed by atoms with Gasteiger partial charge in [-0.3, -0.25) is 20.0 Å². The Hall–Kier alpha value is -1.89. The summed E-state index contributed by atoms with van der Waals surface area (Å²) in [4.78, 5) is 22.2. The third kappa shape index (κ3) is 1.89. The molecule has 0 fully saturated rings. The molecule has 0 atom stereocenters. The van der Waals surface area contributed by atoms with Gasteiger partial charge >= 0.3 is 0 Å². The molecule has 0 aliphatic rings. The van der Waals surface area contributed by atoms with Crippen molar-refractivity contribution >= 4 is 21.6 Å². The molecule has 0 radical (unpaired) electrons. The van der Waals surface area contributed by atoms with Gasteiger partial charge in [-0.1, -0.05) is 12.1 Å². The van der Waals surface area contributed by atoms with Crippen molar-refractivity contribution in [1.29, 1.82) is 0 Å². The van der Waals surface area contributed by atoms with Crippen LogP contribution in [-0.4, -0.2) is 14.7 Å². The van der Waals surface area contributed by atoms with E-state index in [0.717, 1.165) is 4.68 Å². The Morgan fingerprint density at radius 1 is 1.41 bits per heavy atom. The number of aromatic nitrogens is 2. The van der Waals surface area contributed by atoms with Crippen LogP contribution in [0.25, 0.3) is 5.69 Å². The maximum Gasteiger partial charge on any atom is 0.294 e. The summed E-state index contributed by atoms with van der Waals surface area (Å²) < 4.78 is 1.52. The van der Waals surface area contributed by atoms with Crippen molar-refractivity contribution in [3.8, 4) is 5.69 Å². The highest BCUT2D eigenvalue weighted by Gasteiger charge is 2.18. The van der Waals surface area contributed by atoms with E-state index in [-0.39, 0.29) is 16.9 Å². The molecule has 1 aromatic heterocycles. The van der Waals surface area contributed by atoms with E-state index >= 15 is 0 Å². The summed E-state index contributed by atoms with van der Waals surface area (Å²) >= 11 is 3.12. The molecule has 0 unspecified atom stereocenters. The number of H-pyrrole nitrogens is 1. The molecule has 0 amide bonds. The van der Waals surface area contributed by atoms with Crippen molar-refractivity contribution in [2.45, 2.75) is 6.92 Å². The van der Waals surface area contributed by atoms with Crippen LogP contribution in [0.1, 0.15) is 5.69 Å². The Kier molecular flexibility index (Phi) is 2.84. The first-order chi connectivity index (χ1) is 8.02. The van der Waals surface area contributed by atoms with Crippen LogP contribution < -0.4 is 5.56 Å². The Balaban J connectivity index is 2.73. The Morgan fingerprint density at radius 3 is 2.59 bits per heavy atom. The van der Waals surface area contributed by atoms with E-state index in [1.165, 1.54) is 12.1 Å². The molecule has 0 saturated carbocycles. The number of nitrogens with one attached hydrogen (secondary N) is 1. The number of aromatic amines is 1. The molecule has 1 aromatic carbocycles. The number of benzene rings is 1. The first-order valence-corrected chi connectivity index (χ1v) is 5.52. The molecule has 0 saturated heterocycles. The minimum absolute atomic E-state index is 0.122. The molecule has 2 aromatic rings. The lowest BCUT2D eigenvalue weighted by atomic mass is 10.3. The molecule has 1 N–H and O–H groups in total. The number of rotatable bonds is 2. The summed E-state index contributed by atoms with van der Waals surface area (Å²) in [6, 6.07) is 6.06. The maximum absolute atomic E-state index is 11.8. The standard InChI is InChI=1S/C10H8BrN3O3/c1-6-9(11)10(15)13(12-6)7-4-2-3-5-8(7)14(16)17/h2-5,12H,1H3.